The predicted molar refractivity (Wildman–Crippen MR) is 70.0 cm³/mol. The average Bonchev–Trinajstić information content (AvgIpc) is 2.93. The highest BCUT2D eigenvalue weighted by atomic mass is 16.8. The molecule has 1 saturated carbocycles. The molecule has 2 heterocycles. The highest BCUT2D eigenvalue weighted by Crippen LogP contribution is 2.49. The minimum Gasteiger partial charge on any atom is -0.342 e. The molecule has 1 spiro atoms. The van der Waals surface area contributed by atoms with Crippen LogP contribution in [0.5, 0.6) is 0 Å². The van der Waals surface area contributed by atoms with Crippen molar-refractivity contribution < 1.29 is 19.3 Å². The van der Waals surface area contributed by atoms with Crippen LogP contribution in [0.25, 0.3) is 0 Å². The number of piperidine rings is 1. The normalized spacial score (nSPS) is 38.5. The molecule has 21 heavy (non-hydrogen) atoms. The van der Waals surface area contributed by atoms with Crippen molar-refractivity contribution in [1.29, 1.82) is 0 Å². The number of hydrogen-bond acceptors (Lipinski definition) is 7. The Labute approximate surface area is 121 Å². The standard InChI is InChI=1S/C12H19N3O6/c1-2-13-7-9-5-11(8-13,15(18)19)6-10(14(16)17)12(9)20-3-4-21-12/h9-10H,2-8H2,1H3. The molecular formula is C12H19N3O6. The molecule has 9 heteroatoms. The molecule has 0 radical (unpaired) electrons. The Morgan fingerprint density at radius 1 is 1.24 bits per heavy atom. The number of nitrogens with zero attached hydrogens (tertiary/aromatic N) is 3. The Hall–Kier alpha value is -1.32. The van der Waals surface area contributed by atoms with Crippen molar-refractivity contribution in [3.8, 4) is 0 Å². The monoisotopic (exact) mass is 301 g/mol. The van der Waals surface area contributed by atoms with Crippen molar-refractivity contribution >= 4 is 0 Å². The van der Waals surface area contributed by atoms with Crippen molar-refractivity contribution in [1.82, 2.24) is 4.90 Å². The number of likely N-dealkylation sites (tertiary alicyclic amines) is 1. The Bertz CT molecular complexity index is 466. The second kappa shape index (κ2) is 4.85. The van der Waals surface area contributed by atoms with Gasteiger partial charge >= 0.3 is 0 Å². The summed E-state index contributed by atoms with van der Waals surface area (Å²) in [5.41, 5.74) is -1.27. The first kappa shape index (κ1) is 14.6. The summed E-state index contributed by atoms with van der Waals surface area (Å²) in [5, 5.41) is 23.1. The number of likely N-dealkylation sites (N-methyl/N-ethyl adjacent to an activating group) is 1. The lowest BCUT2D eigenvalue weighted by Crippen LogP contribution is -2.71. The van der Waals surface area contributed by atoms with E-state index in [-0.39, 0.29) is 30.2 Å². The SMILES string of the molecule is CCN1CC2CC([N+](=O)[O-])(CC([N+](=O)[O-])C23OCCO3)C1. The summed E-state index contributed by atoms with van der Waals surface area (Å²) in [7, 11) is 0. The van der Waals surface area contributed by atoms with Gasteiger partial charge in [-0.15, -0.1) is 0 Å². The third-order valence-corrected chi connectivity index (χ3v) is 5.06. The second-order valence-electron chi connectivity index (χ2n) is 6.13. The van der Waals surface area contributed by atoms with E-state index in [1.807, 2.05) is 11.8 Å². The van der Waals surface area contributed by atoms with Crippen LogP contribution in [0.2, 0.25) is 0 Å². The summed E-state index contributed by atoms with van der Waals surface area (Å²) >= 11 is 0. The lowest BCUT2D eigenvalue weighted by atomic mass is 9.67. The zero-order valence-corrected chi connectivity index (χ0v) is 11.9. The molecule has 118 valence electrons. The van der Waals surface area contributed by atoms with Crippen LogP contribution in [0.15, 0.2) is 0 Å². The summed E-state index contributed by atoms with van der Waals surface area (Å²) in [6, 6.07) is -1.18. The highest BCUT2D eigenvalue weighted by Gasteiger charge is 2.70. The molecule has 3 rings (SSSR count). The predicted octanol–water partition coefficient (Wildman–Crippen LogP) is 0.136. The summed E-state index contributed by atoms with van der Waals surface area (Å²) in [4.78, 5) is 24.2. The van der Waals surface area contributed by atoms with Crippen LogP contribution in [0, 0.1) is 26.1 Å². The molecule has 2 saturated heterocycles. The van der Waals surface area contributed by atoms with Gasteiger partial charge in [0.15, 0.2) is 0 Å². The summed E-state index contributed by atoms with van der Waals surface area (Å²) in [5.74, 6) is -1.64. The number of ether oxygens (including phenoxy) is 2. The van der Waals surface area contributed by atoms with Gasteiger partial charge in [0.05, 0.1) is 26.2 Å². The van der Waals surface area contributed by atoms with E-state index in [9.17, 15) is 20.2 Å². The molecule has 0 aromatic heterocycles. The lowest BCUT2D eigenvalue weighted by molar-refractivity contribution is -0.630. The van der Waals surface area contributed by atoms with Crippen LogP contribution in [-0.2, 0) is 9.47 Å². The summed E-state index contributed by atoms with van der Waals surface area (Å²) in [6.45, 7) is 4.01. The minimum atomic E-state index is -1.29. The van der Waals surface area contributed by atoms with E-state index >= 15 is 0 Å². The van der Waals surface area contributed by atoms with E-state index in [2.05, 4.69) is 0 Å². The van der Waals surface area contributed by atoms with Gasteiger partial charge < -0.3 is 9.47 Å². The number of hydrogen-bond donors (Lipinski definition) is 0. The van der Waals surface area contributed by atoms with Crippen molar-refractivity contribution in [3.05, 3.63) is 20.2 Å². The van der Waals surface area contributed by atoms with Crippen LogP contribution in [0.4, 0.5) is 0 Å². The van der Waals surface area contributed by atoms with Crippen LogP contribution in [0.3, 0.4) is 0 Å². The fraction of sp³-hybridized carbons (Fsp3) is 1.00. The van der Waals surface area contributed by atoms with Gasteiger partial charge in [-0.25, -0.2) is 0 Å². The first-order valence-electron chi connectivity index (χ1n) is 7.22. The molecule has 0 aromatic rings. The van der Waals surface area contributed by atoms with E-state index in [4.69, 9.17) is 9.47 Å². The molecule has 9 nitrogen and oxygen atoms in total. The second-order valence-corrected chi connectivity index (χ2v) is 6.13. The van der Waals surface area contributed by atoms with E-state index in [0.717, 1.165) is 0 Å². The molecule has 2 aliphatic heterocycles. The van der Waals surface area contributed by atoms with Crippen molar-refractivity contribution in [2.75, 3.05) is 32.8 Å². The number of rotatable bonds is 3. The third-order valence-electron chi connectivity index (χ3n) is 5.06. The number of fused-ring (bicyclic) bond motifs is 3. The molecule has 1 aliphatic carbocycles. The molecule has 3 atom stereocenters. The first-order chi connectivity index (χ1) is 9.93. The lowest BCUT2D eigenvalue weighted by Gasteiger charge is -2.50. The first-order valence-corrected chi connectivity index (χ1v) is 7.22. The fourth-order valence-electron chi connectivity index (χ4n) is 4.11. The van der Waals surface area contributed by atoms with Gasteiger partial charge in [-0.3, -0.25) is 25.1 Å². The quantitative estimate of drug-likeness (QED) is 0.538. The van der Waals surface area contributed by atoms with Crippen LogP contribution < -0.4 is 0 Å². The van der Waals surface area contributed by atoms with Crippen LogP contribution in [0.1, 0.15) is 19.8 Å². The zero-order chi connectivity index (χ0) is 15.3. The van der Waals surface area contributed by atoms with E-state index in [0.29, 0.717) is 26.3 Å². The van der Waals surface area contributed by atoms with Gasteiger partial charge in [0, 0.05) is 28.7 Å². The Balaban J connectivity index is 2.02. The van der Waals surface area contributed by atoms with Gasteiger partial charge in [0.1, 0.15) is 0 Å². The van der Waals surface area contributed by atoms with E-state index in [1.165, 1.54) is 0 Å². The van der Waals surface area contributed by atoms with E-state index in [1.54, 1.807) is 0 Å². The van der Waals surface area contributed by atoms with Gasteiger partial charge in [-0.2, -0.15) is 0 Å². The maximum Gasteiger partial charge on any atom is 0.273 e. The smallest absolute Gasteiger partial charge is 0.273 e. The van der Waals surface area contributed by atoms with Gasteiger partial charge in [0.25, 0.3) is 6.04 Å². The van der Waals surface area contributed by atoms with Crippen molar-refractivity contribution in [2.24, 2.45) is 5.92 Å². The molecular weight excluding hydrogens is 282 g/mol. The molecule has 0 N–H and O–H groups in total. The largest absolute Gasteiger partial charge is 0.342 e. The molecule has 3 unspecified atom stereocenters. The van der Waals surface area contributed by atoms with Crippen molar-refractivity contribution in [3.63, 3.8) is 0 Å². The fourth-order valence-corrected chi connectivity index (χ4v) is 4.11. The Morgan fingerprint density at radius 3 is 2.43 bits per heavy atom. The Kier molecular flexibility index (Phi) is 3.38. The van der Waals surface area contributed by atoms with Gasteiger partial charge in [-0.05, 0) is 6.54 Å². The topological polar surface area (TPSA) is 108 Å². The molecule has 0 amide bonds. The maximum absolute atomic E-state index is 11.6. The maximum atomic E-state index is 11.6. The third kappa shape index (κ3) is 2.02. The van der Waals surface area contributed by atoms with Crippen LogP contribution in [-0.4, -0.2) is 65.0 Å². The highest BCUT2D eigenvalue weighted by molar-refractivity contribution is 5.07. The summed E-state index contributed by atoms with van der Waals surface area (Å²) in [6.07, 6.45) is 0.140. The van der Waals surface area contributed by atoms with Crippen LogP contribution >= 0.6 is 0 Å². The average molecular weight is 301 g/mol. The molecule has 0 aromatic carbocycles. The summed E-state index contributed by atoms with van der Waals surface area (Å²) < 4.78 is 11.3. The van der Waals surface area contributed by atoms with E-state index < -0.39 is 22.3 Å². The van der Waals surface area contributed by atoms with Gasteiger partial charge in [0.2, 0.25) is 11.3 Å². The zero-order valence-electron chi connectivity index (χ0n) is 11.9. The van der Waals surface area contributed by atoms with Gasteiger partial charge in [-0.1, -0.05) is 6.92 Å². The van der Waals surface area contributed by atoms with Crippen molar-refractivity contribution in [2.45, 2.75) is 37.1 Å². The molecule has 3 aliphatic rings. The molecule has 2 bridgehead atoms. The molecule has 3 fully saturated rings. The number of nitro groups is 2. The minimum absolute atomic E-state index is 0.139. The Morgan fingerprint density at radius 2 is 1.90 bits per heavy atom.